The minimum Gasteiger partial charge on any atom is -0.349 e. The van der Waals surface area contributed by atoms with Crippen LogP contribution in [0.5, 0.6) is 0 Å². The lowest BCUT2D eigenvalue weighted by molar-refractivity contribution is 0.0864. The maximum Gasteiger partial charge on any atom is 0.254 e. The fourth-order valence-electron chi connectivity index (χ4n) is 2.35. The van der Waals surface area contributed by atoms with Gasteiger partial charge in [0.1, 0.15) is 5.82 Å². The maximum absolute atomic E-state index is 13.7. The molecule has 1 unspecified atom stereocenters. The van der Waals surface area contributed by atoms with E-state index in [1.165, 1.54) is 12.1 Å². The van der Waals surface area contributed by atoms with Crippen LogP contribution in [0.4, 0.5) is 4.39 Å². The molecule has 3 nitrogen and oxygen atoms in total. The molecule has 5 heteroatoms. The van der Waals surface area contributed by atoms with Gasteiger partial charge < -0.3 is 10.6 Å². The number of carbonyl (C=O) groups excluding carboxylic acids is 1. The van der Waals surface area contributed by atoms with Crippen LogP contribution >= 0.6 is 11.6 Å². The third kappa shape index (κ3) is 3.25. The predicted octanol–water partition coefficient (Wildman–Crippen LogP) is 2.60. The van der Waals surface area contributed by atoms with Crippen molar-refractivity contribution >= 4 is 17.5 Å². The SMILES string of the molecule is CC1(C)CNCCC1NC(=O)c1ccc(Cl)cc1F. The third-order valence-electron chi connectivity index (χ3n) is 3.61. The first-order valence-electron chi connectivity index (χ1n) is 6.37. The van der Waals surface area contributed by atoms with E-state index in [9.17, 15) is 9.18 Å². The van der Waals surface area contributed by atoms with Crippen LogP contribution in [0.2, 0.25) is 5.02 Å². The summed E-state index contributed by atoms with van der Waals surface area (Å²) in [6.07, 6.45) is 0.841. The number of carbonyl (C=O) groups is 1. The number of rotatable bonds is 2. The lowest BCUT2D eigenvalue weighted by Crippen LogP contribution is -2.54. The van der Waals surface area contributed by atoms with E-state index in [1.54, 1.807) is 0 Å². The summed E-state index contributed by atoms with van der Waals surface area (Å²) < 4.78 is 13.7. The van der Waals surface area contributed by atoms with Crippen molar-refractivity contribution in [2.24, 2.45) is 5.41 Å². The number of amides is 1. The van der Waals surface area contributed by atoms with Crippen molar-refractivity contribution in [1.29, 1.82) is 0 Å². The standard InChI is InChI=1S/C14H18ClFN2O/c1-14(2)8-17-6-5-12(14)18-13(19)10-4-3-9(15)7-11(10)16/h3-4,7,12,17H,5-6,8H2,1-2H3,(H,18,19). The monoisotopic (exact) mass is 284 g/mol. The molecular weight excluding hydrogens is 267 g/mol. The average Bonchev–Trinajstić information content (AvgIpc) is 2.31. The highest BCUT2D eigenvalue weighted by Gasteiger charge is 2.33. The molecule has 0 saturated carbocycles. The van der Waals surface area contributed by atoms with E-state index in [2.05, 4.69) is 24.5 Å². The van der Waals surface area contributed by atoms with Crippen molar-refractivity contribution in [3.63, 3.8) is 0 Å². The molecule has 1 aliphatic rings. The quantitative estimate of drug-likeness (QED) is 0.876. The molecule has 104 valence electrons. The minimum atomic E-state index is -0.586. The molecular formula is C14H18ClFN2O. The molecule has 0 bridgehead atoms. The van der Waals surface area contributed by atoms with Crippen LogP contribution in [0, 0.1) is 11.2 Å². The van der Waals surface area contributed by atoms with Gasteiger partial charge in [-0.2, -0.15) is 0 Å². The molecule has 0 radical (unpaired) electrons. The number of nitrogens with one attached hydrogen (secondary N) is 2. The van der Waals surface area contributed by atoms with Gasteiger partial charge >= 0.3 is 0 Å². The van der Waals surface area contributed by atoms with E-state index in [0.29, 0.717) is 0 Å². The molecule has 1 amide bonds. The summed E-state index contributed by atoms with van der Waals surface area (Å²) >= 11 is 5.68. The van der Waals surface area contributed by atoms with Gasteiger partial charge in [0, 0.05) is 17.6 Å². The number of piperidine rings is 1. The largest absolute Gasteiger partial charge is 0.349 e. The van der Waals surface area contributed by atoms with Gasteiger partial charge in [0.25, 0.3) is 5.91 Å². The molecule has 2 N–H and O–H groups in total. The van der Waals surface area contributed by atoms with E-state index in [-0.39, 0.29) is 28.0 Å². The zero-order valence-corrected chi connectivity index (χ0v) is 11.9. The molecule has 1 aromatic carbocycles. The Morgan fingerprint density at radius 3 is 2.89 bits per heavy atom. The Kier molecular flexibility index (Phi) is 4.11. The zero-order valence-electron chi connectivity index (χ0n) is 11.1. The van der Waals surface area contributed by atoms with E-state index in [4.69, 9.17) is 11.6 Å². The van der Waals surface area contributed by atoms with Gasteiger partial charge in [0.15, 0.2) is 0 Å². The van der Waals surface area contributed by atoms with Gasteiger partial charge in [-0.3, -0.25) is 4.79 Å². The fourth-order valence-corrected chi connectivity index (χ4v) is 2.51. The van der Waals surface area contributed by atoms with Gasteiger partial charge in [-0.15, -0.1) is 0 Å². The highest BCUT2D eigenvalue weighted by Crippen LogP contribution is 2.25. The summed E-state index contributed by atoms with van der Waals surface area (Å²) in [6, 6.07) is 4.13. The number of halogens is 2. The fraction of sp³-hybridized carbons (Fsp3) is 0.500. The first-order valence-corrected chi connectivity index (χ1v) is 6.74. The Morgan fingerprint density at radius 1 is 1.53 bits per heavy atom. The number of hydrogen-bond acceptors (Lipinski definition) is 2. The number of benzene rings is 1. The van der Waals surface area contributed by atoms with E-state index in [1.807, 2.05) is 0 Å². The van der Waals surface area contributed by atoms with Crippen LogP contribution in [0.1, 0.15) is 30.6 Å². The molecule has 1 heterocycles. The zero-order chi connectivity index (χ0) is 14.0. The summed E-state index contributed by atoms with van der Waals surface area (Å²) in [5.74, 6) is -0.967. The van der Waals surface area contributed by atoms with Crippen molar-refractivity contribution in [2.45, 2.75) is 26.3 Å². The molecule has 2 rings (SSSR count). The Balaban J connectivity index is 2.12. The highest BCUT2D eigenvalue weighted by molar-refractivity contribution is 6.30. The van der Waals surface area contributed by atoms with Crippen LogP contribution in [0.15, 0.2) is 18.2 Å². The second kappa shape index (κ2) is 5.47. The summed E-state index contributed by atoms with van der Waals surface area (Å²) in [4.78, 5) is 12.1. The first-order chi connectivity index (χ1) is 8.90. The molecule has 1 aromatic rings. The van der Waals surface area contributed by atoms with Crippen molar-refractivity contribution < 1.29 is 9.18 Å². The summed E-state index contributed by atoms with van der Waals surface area (Å²) in [7, 11) is 0. The second-order valence-corrected chi connectivity index (χ2v) is 6.04. The van der Waals surface area contributed by atoms with E-state index >= 15 is 0 Å². The molecule has 1 fully saturated rings. The second-order valence-electron chi connectivity index (χ2n) is 5.60. The summed E-state index contributed by atoms with van der Waals surface area (Å²) in [5, 5.41) is 6.51. The van der Waals surface area contributed by atoms with Crippen molar-refractivity contribution in [3.05, 3.63) is 34.6 Å². The normalized spacial score (nSPS) is 22.0. The average molecular weight is 285 g/mol. The summed E-state index contributed by atoms with van der Waals surface area (Å²) in [6.45, 7) is 5.86. The molecule has 0 aliphatic carbocycles. The highest BCUT2D eigenvalue weighted by atomic mass is 35.5. The Bertz CT molecular complexity index is 490. The van der Waals surface area contributed by atoms with Crippen molar-refractivity contribution in [1.82, 2.24) is 10.6 Å². The van der Waals surface area contributed by atoms with Crippen LogP contribution in [0.3, 0.4) is 0 Å². The molecule has 0 spiro atoms. The van der Waals surface area contributed by atoms with E-state index in [0.717, 1.165) is 25.6 Å². The van der Waals surface area contributed by atoms with Crippen LogP contribution in [0.25, 0.3) is 0 Å². The van der Waals surface area contributed by atoms with Crippen LogP contribution < -0.4 is 10.6 Å². The molecule has 1 atom stereocenters. The lowest BCUT2D eigenvalue weighted by atomic mass is 9.80. The minimum absolute atomic E-state index is 0.0383. The predicted molar refractivity (Wildman–Crippen MR) is 73.9 cm³/mol. The maximum atomic E-state index is 13.7. The van der Waals surface area contributed by atoms with Gasteiger partial charge in [0.2, 0.25) is 0 Å². The number of hydrogen-bond donors (Lipinski definition) is 2. The van der Waals surface area contributed by atoms with Gasteiger partial charge in [-0.1, -0.05) is 25.4 Å². The van der Waals surface area contributed by atoms with Crippen LogP contribution in [-0.2, 0) is 0 Å². The Labute approximate surface area is 117 Å². The summed E-state index contributed by atoms with van der Waals surface area (Å²) in [5.41, 5.74) is -0.00434. The molecule has 1 aliphatic heterocycles. The Morgan fingerprint density at radius 2 is 2.26 bits per heavy atom. The third-order valence-corrected chi connectivity index (χ3v) is 3.85. The lowest BCUT2D eigenvalue weighted by Gasteiger charge is -2.39. The van der Waals surface area contributed by atoms with Crippen molar-refractivity contribution in [3.8, 4) is 0 Å². The van der Waals surface area contributed by atoms with Gasteiger partial charge in [-0.25, -0.2) is 4.39 Å². The topological polar surface area (TPSA) is 41.1 Å². The smallest absolute Gasteiger partial charge is 0.254 e. The Hall–Kier alpha value is -1.13. The first kappa shape index (κ1) is 14.3. The molecule has 1 saturated heterocycles. The molecule has 19 heavy (non-hydrogen) atoms. The van der Waals surface area contributed by atoms with Gasteiger partial charge in [0.05, 0.1) is 5.56 Å². The van der Waals surface area contributed by atoms with Crippen LogP contribution in [-0.4, -0.2) is 25.0 Å². The van der Waals surface area contributed by atoms with E-state index < -0.39 is 5.82 Å². The molecule has 0 aromatic heterocycles. The van der Waals surface area contributed by atoms with Gasteiger partial charge in [-0.05, 0) is 36.6 Å². The van der Waals surface area contributed by atoms with Crippen molar-refractivity contribution in [2.75, 3.05) is 13.1 Å².